The lowest BCUT2D eigenvalue weighted by Crippen LogP contribution is -2.14. The number of benzene rings is 3. The number of phenolic OH excluding ortho intramolecular Hbond substituents is 1. The highest BCUT2D eigenvalue weighted by molar-refractivity contribution is 6.18. The van der Waals surface area contributed by atoms with Gasteiger partial charge in [-0.25, -0.2) is 9.59 Å². The van der Waals surface area contributed by atoms with Crippen molar-refractivity contribution in [2.45, 2.75) is 0 Å². The highest BCUT2D eigenvalue weighted by Crippen LogP contribution is 2.45. The van der Waals surface area contributed by atoms with E-state index in [4.69, 9.17) is 18.9 Å². The zero-order valence-electron chi connectivity index (χ0n) is 16.4. The molecule has 0 aromatic heterocycles. The first-order valence-electron chi connectivity index (χ1n) is 8.65. The van der Waals surface area contributed by atoms with Gasteiger partial charge in [0.15, 0.2) is 11.5 Å². The molecule has 3 rings (SSSR count). The molecule has 0 amide bonds. The number of phenols is 1. The molecule has 150 valence electrons. The van der Waals surface area contributed by atoms with E-state index in [1.165, 1.54) is 28.4 Å². The van der Waals surface area contributed by atoms with Gasteiger partial charge in [-0.3, -0.25) is 0 Å². The van der Waals surface area contributed by atoms with Crippen LogP contribution in [0.25, 0.3) is 21.9 Å². The molecule has 0 unspecified atom stereocenters. The summed E-state index contributed by atoms with van der Waals surface area (Å²) in [6.07, 6.45) is 0. The molecule has 1 N–H and O–H groups in total. The third kappa shape index (κ3) is 3.31. The van der Waals surface area contributed by atoms with E-state index in [2.05, 4.69) is 0 Å². The topological polar surface area (TPSA) is 91.3 Å². The van der Waals surface area contributed by atoms with Crippen LogP contribution >= 0.6 is 0 Å². The molecule has 0 heterocycles. The largest absolute Gasteiger partial charge is 0.506 e. The van der Waals surface area contributed by atoms with E-state index < -0.39 is 17.7 Å². The Morgan fingerprint density at radius 2 is 1.28 bits per heavy atom. The van der Waals surface area contributed by atoms with Gasteiger partial charge >= 0.3 is 11.9 Å². The summed E-state index contributed by atoms with van der Waals surface area (Å²) in [5, 5.41) is 11.7. The van der Waals surface area contributed by atoms with Crippen molar-refractivity contribution in [1.82, 2.24) is 0 Å². The van der Waals surface area contributed by atoms with Gasteiger partial charge in [-0.2, -0.15) is 0 Å². The molecule has 0 saturated carbocycles. The lowest BCUT2D eigenvalue weighted by molar-refractivity contribution is 0.0553. The Labute approximate surface area is 167 Å². The van der Waals surface area contributed by atoms with Gasteiger partial charge in [0, 0.05) is 10.9 Å². The number of esters is 2. The van der Waals surface area contributed by atoms with Gasteiger partial charge in [-0.1, -0.05) is 30.3 Å². The molecule has 0 atom stereocenters. The van der Waals surface area contributed by atoms with Crippen molar-refractivity contribution in [3.8, 4) is 28.4 Å². The van der Waals surface area contributed by atoms with Gasteiger partial charge in [0.05, 0.1) is 34.0 Å². The van der Waals surface area contributed by atoms with E-state index in [-0.39, 0.29) is 11.1 Å². The molecule has 7 heteroatoms. The van der Waals surface area contributed by atoms with Crippen molar-refractivity contribution in [3.05, 3.63) is 53.6 Å². The average molecular weight is 396 g/mol. The number of aromatic hydroxyl groups is 1. The van der Waals surface area contributed by atoms with Crippen LogP contribution in [-0.4, -0.2) is 45.5 Å². The van der Waals surface area contributed by atoms with Crippen LogP contribution in [0.1, 0.15) is 20.7 Å². The minimum absolute atomic E-state index is 0.0947. The molecule has 29 heavy (non-hydrogen) atoms. The fourth-order valence-corrected chi connectivity index (χ4v) is 3.31. The van der Waals surface area contributed by atoms with Gasteiger partial charge in [0.1, 0.15) is 11.3 Å². The number of methoxy groups -OCH3 is 4. The van der Waals surface area contributed by atoms with Gasteiger partial charge in [-0.15, -0.1) is 0 Å². The molecule has 0 radical (unpaired) electrons. The van der Waals surface area contributed by atoms with E-state index in [1.54, 1.807) is 36.4 Å². The molecule has 3 aromatic carbocycles. The summed E-state index contributed by atoms with van der Waals surface area (Å²) < 4.78 is 20.5. The summed E-state index contributed by atoms with van der Waals surface area (Å²) in [5.41, 5.74) is 0.683. The molecule has 0 aliphatic rings. The van der Waals surface area contributed by atoms with E-state index in [1.807, 2.05) is 6.07 Å². The van der Waals surface area contributed by atoms with Crippen LogP contribution in [0.15, 0.2) is 42.5 Å². The number of hydrogen-bond acceptors (Lipinski definition) is 7. The second-order valence-electron chi connectivity index (χ2n) is 6.08. The monoisotopic (exact) mass is 396 g/mol. The Hall–Kier alpha value is -3.74. The molecule has 0 aliphatic heterocycles. The van der Waals surface area contributed by atoms with Crippen LogP contribution in [0.3, 0.4) is 0 Å². The Kier molecular flexibility index (Phi) is 5.59. The smallest absolute Gasteiger partial charge is 0.342 e. The highest BCUT2D eigenvalue weighted by atomic mass is 16.5. The first-order chi connectivity index (χ1) is 14.0. The minimum Gasteiger partial charge on any atom is -0.506 e. The molecule has 0 fully saturated rings. The highest BCUT2D eigenvalue weighted by Gasteiger charge is 2.31. The summed E-state index contributed by atoms with van der Waals surface area (Å²) in [7, 11) is 5.32. The van der Waals surface area contributed by atoms with E-state index in [0.717, 1.165) is 0 Å². The summed E-state index contributed by atoms with van der Waals surface area (Å²) in [4.78, 5) is 25.3. The van der Waals surface area contributed by atoms with Gasteiger partial charge < -0.3 is 24.1 Å². The van der Waals surface area contributed by atoms with Crippen molar-refractivity contribution in [2.75, 3.05) is 28.4 Å². The van der Waals surface area contributed by atoms with Crippen molar-refractivity contribution < 1.29 is 33.6 Å². The number of carbonyl (C=O) groups is 2. The van der Waals surface area contributed by atoms with Crippen molar-refractivity contribution >= 4 is 22.7 Å². The summed E-state index contributed by atoms with van der Waals surface area (Å²) in [5.74, 6) is -1.30. The standard InChI is InChI=1S/C22H20O7/c1-26-15-10-13-14(11-16(15)27-2)20(23)19(22(25)29-4)18(21(24)28-3)17(13)12-8-6-5-7-9-12/h5-11,23H,1-4H3. The maximum absolute atomic E-state index is 12.7. The van der Waals surface area contributed by atoms with Gasteiger partial charge in [0.2, 0.25) is 0 Å². The van der Waals surface area contributed by atoms with Crippen LogP contribution in [0.5, 0.6) is 17.2 Å². The molecule has 7 nitrogen and oxygen atoms in total. The zero-order chi connectivity index (χ0) is 21.1. The van der Waals surface area contributed by atoms with E-state index in [0.29, 0.717) is 33.4 Å². The average Bonchev–Trinajstić information content (AvgIpc) is 2.77. The second kappa shape index (κ2) is 8.10. The summed E-state index contributed by atoms with van der Waals surface area (Å²) in [6, 6.07) is 12.2. The fourth-order valence-electron chi connectivity index (χ4n) is 3.31. The van der Waals surface area contributed by atoms with Gasteiger partial charge in [-0.05, 0) is 23.1 Å². The summed E-state index contributed by atoms with van der Waals surface area (Å²) in [6.45, 7) is 0. The number of ether oxygens (including phenoxy) is 4. The molecule has 0 spiro atoms. The summed E-state index contributed by atoms with van der Waals surface area (Å²) >= 11 is 0. The SMILES string of the molecule is COC(=O)c1c(C(=O)OC)c(-c2ccccc2)c2cc(OC)c(OC)cc2c1O. The normalized spacial score (nSPS) is 10.5. The Bertz CT molecular complexity index is 1090. The maximum atomic E-state index is 12.7. The predicted octanol–water partition coefficient (Wildman–Crippen LogP) is 3.80. The molecular formula is C22H20O7. The predicted molar refractivity (Wildman–Crippen MR) is 107 cm³/mol. The zero-order valence-corrected chi connectivity index (χ0v) is 16.4. The Morgan fingerprint density at radius 1 is 0.759 bits per heavy atom. The number of fused-ring (bicyclic) bond motifs is 1. The van der Waals surface area contributed by atoms with Crippen LogP contribution in [-0.2, 0) is 9.47 Å². The van der Waals surface area contributed by atoms with Crippen LogP contribution in [0.4, 0.5) is 0 Å². The fraction of sp³-hybridized carbons (Fsp3) is 0.182. The number of rotatable bonds is 5. The lowest BCUT2D eigenvalue weighted by atomic mass is 9.88. The Morgan fingerprint density at radius 3 is 1.79 bits per heavy atom. The molecule has 0 saturated heterocycles. The number of hydrogen-bond donors (Lipinski definition) is 1. The molecule has 0 bridgehead atoms. The Balaban J connectivity index is 2.61. The first-order valence-corrected chi connectivity index (χ1v) is 8.65. The first kappa shape index (κ1) is 20.0. The second-order valence-corrected chi connectivity index (χ2v) is 6.08. The van der Waals surface area contributed by atoms with Crippen LogP contribution in [0.2, 0.25) is 0 Å². The third-order valence-corrected chi connectivity index (χ3v) is 4.63. The molecule has 3 aromatic rings. The maximum Gasteiger partial charge on any atom is 0.342 e. The molecule has 0 aliphatic carbocycles. The minimum atomic E-state index is -0.864. The van der Waals surface area contributed by atoms with E-state index >= 15 is 0 Å². The van der Waals surface area contributed by atoms with Crippen molar-refractivity contribution in [2.24, 2.45) is 0 Å². The quantitative estimate of drug-likeness (QED) is 0.656. The van der Waals surface area contributed by atoms with Crippen LogP contribution in [0, 0.1) is 0 Å². The third-order valence-electron chi connectivity index (χ3n) is 4.63. The van der Waals surface area contributed by atoms with E-state index in [9.17, 15) is 14.7 Å². The van der Waals surface area contributed by atoms with Crippen LogP contribution < -0.4 is 9.47 Å². The van der Waals surface area contributed by atoms with Gasteiger partial charge in [0.25, 0.3) is 0 Å². The van der Waals surface area contributed by atoms with Crippen molar-refractivity contribution in [1.29, 1.82) is 0 Å². The lowest BCUT2D eigenvalue weighted by Gasteiger charge is -2.19. The number of carbonyl (C=O) groups excluding carboxylic acids is 2. The molecular weight excluding hydrogens is 376 g/mol. The van der Waals surface area contributed by atoms with Crippen molar-refractivity contribution in [3.63, 3.8) is 0 Å².